The highest BCUT2D eigenvalue weighted by molar-refractivity contribution is 6.04. The van der Waals surface area contributed by atoms with Crippen LogP contribution in [0, 0.1) is 0 Å². The van der Waals surface area contributed by atoms with E-state index in [2.05, 4.69) is 32.5 Å². The number of methoxy groups -OCH3 is 1. The second-order valence-corrected chi connectivity index (χ2v) is 7.82. The second-order valence-electron chi connectivity index (χ2n) is 7.82. The van der Waals surface area contributed by atoms with Gasteiger partial charge in [0, 0.05) is 25.4 Å². The molecular formula is C25H35N7O3. The number of nitrogens with one attached hydrogen (secondary N) is 3. The largest absolute Gasteiger partial charge is 0.494 e. The van der Waals surface area contributed by atoms with E-state index in [4.69, 9.17) is 15.2 Å². The molecule has 0 saturated heterocycles. The fourth-order valence-electron chi connectivity index (χ4n) is 3.09. The Morgan fingerprint density at radius 3 is 2.74 bits per heavy atom. The number of ether oxygens (including phenoxy) is 2. The maximum absolute atomic E-state index is 12.0. The summed E-state index contributed by atoms with van der Waals surface area (Å²) in [6, 6.07) is 3.49. The van der Waals surface area contributed by atoms with Gasteiger partial charge in [-0.1, -0.05) is 6.58 Å². The third-order valence-electron chi connectivity index (χ3n) is 4.94. The summed E-state index contributed by atoms with van der Waals surface area (Å²) >= 11 is 0. The van der Waals surface area contributed by atoms with Crippen molar-refractivity contribution in [2.75, 3.05) is 52.0 Å². The summed E-state index contributed by atoms with van der Waals surface area (Å²) in [6.45, 7) is 6.65. The predicted octanol–water partition coefficient (Wildman–Crippen LogP) is 2.50. The van der Waals surface area contributed by atoms with Crippen LogP contribution in [0.2, 0.25) is 0 Å². The standard InChI is InChI=1S/C25H35N7O3/c1-7-25(33)31-21-13-20(22(34-6)15-23(21)35-11-10-32(4)5)30-24-14-19(28-16-29-24)17(2)12-18(27-3)8-9-26/h7-9,12-16,24,30H,1,10-11,26H2,2-6H3,(H,28,29)(H,31,33)/b9-8?,17-12+,27-18?. The van der Waals surface area contributed by atoms with Gasteiger partial charge in [0.25, 0.3) is 0 Å². The summed E-state index contributed by atoms with van der Waals surface area (Å²) < 4.78 is 11.5. The Hall–Kier alpha value is -4.05. The van der Waals surface area contributed by atoms with Crippen LogP contribution in [0.1, 0.15) is 6.92 Å². The van der Waals surface area contributed by atoms with Gasteiger partial charge >= 0.3 is 0 Å². The number of carbonyl (C=O) groups is 1. The Morgan fingerprint density at radius 1 is 1.34 bits per heavy atom. The fourth-order valence-corrected chi connectivity index (χ4v) is 3.09. The molecule has 1 amide bonds. The van der Waals surface area contributed by atoms with E-state index in [-0.39, 0.29) is 12.1 Å². The quantitative estimate of drug-likeness (QED) is 0.267. The fraction of sp³-hybridized carbons (Fsp3) is 0.320. The molecule has 1 aliphatic rings. The smallest absolute Gasteiger partial charge is 0.247 e. The minimum atomic E-state index is -0.390. The van der Waals surface area contributed by atoms with Gasteiger partial charge in [0.15, 0.2) is 0 Å². The number of carbonyl (C=O) groups excluding carboxylic acids is 1. The minimum absolute atomic E-state index is 0.346. The van der Waals surface area contributed by atoms with Gasteiger partial charge in [-0.3, -0.25) is 9.79 Å². The summed E-state index contributed by atoms with van der Waals surface area (Å²) in [5.41, 5.74) is 9.18. The average molecular weight is 482 g/mol. The second kappa shape index (κ2) is 13.6. The zero-order chi connectivity index (χ0) is 25.8. The number of aliphatic imine (C=N–C) groups is 2. The van der Waals surface area contributed by atoms with Crippen molar-refractivity contribution >= 4 is 29.3 Å². The lowest BCUT2D eigenvalue weighted by molar-refractivity contribution is -0.111. The predicted molar refractivity (Wildman–Crippen MR) is 143 cm³/mol. The maximum Gasteiger partial charge on any atom is 0.247 e. The van der Waals surface area contributed by atoms with Gasteiger partial charge in [0.05, 0.1) is 30.5 Å². The van der Waals surface area contributed by atoms with E-state index < -0.39 is 0 Å². The molecule has 0 fully saturated rings. The van der Waals surface area contributed by atoms with Crippen molar-refractivity contribution in [1.29, 1.82) is 0 Å². The number of likely N-dealkylation sites (N-methyl/N-ethyl adjacent to an activating group) is 1. The maximum atomic E-state index is 12.0. The Labute approximate surface area is 207 Å². The molecule has 0 bridgehead atoms. The van der Waals surface area contributed by atoms with E-state index in [1.54, 1.807) is 38.7 Å². The number of allylic oxidation sites excluding steroid dienone is 3. The first kappa shape index (κ1) is 27.2. The number of rotatable bonds is 12. The molecule has 10 heteroatoms. The molecule has 188 valence electrons. The molecule has 1 heterocycles. The number of amides is 1. The third-order valence-corrected chi connectivity index (χ3v) is 4.94. The highest BCUT2D eigenvalue weighted by Gasteiger charge is 2.17. The lowest BCUT2D eigenvalue weighted by Gasteiger charge is -2.22. The van der Waals surface area contributed by atoms with Crippen molar-refractivity contribution in [1.82, 2.24) is 10.2 Å². The zero-order valence-corrected chi connectivity index (χ0v) is 21.0. The van der Waals surface area contributed by atoms with E-state index >= 15 is 0 Å². The summed E-state index contributed by atoms with van der Waals surface area (Å²) in [5, 5.41) is 9.29. The monoisotopic (exact) mass is 481 g/mol. The number of benzene rings is 1. The van der Waals surface area contributed by atoms with Crippen LogP contribution in [0.4, 0.5) is 11.4 Å². The van der Waals surface area contributed by atoms with Crippen molar-refractivity contribution < 1.29 is 14.3 Å². The van der Waals surface area contributed by atoms with Crippen molar-refractivity contribution in [2.45, 2.75) is 13.1 Å². The first-order chi connectivity index (χ1) is 16.8. The first-order valence-corrected chi connectivity index (χ1v) is 11.0. The van der Waals surface area contributed by atoms with E-state index in [0.717, 1.165) is 17.0 Å². The van der Waals surface area contributed by atoms with Crippen LogP contribution in [0.5, 0.6) is 11.5 Å². The summed E-state index contributed by atoms with van der Waals surface area (Å²) in [5.74, 6) is 0.694. The lowest BCUT2D eigenvalue weighted by Crippen LogP contribution is -2.26. The Morgan fingerprint density at radius 2 is 2.11 bits per heavy atom. The molecule has 0 aromatic heterocycles. The van der Waals surface area contributed by atoms with Gasteiger partial charge in [-0.2, -0.15) is 0 Å². The molecule has 0 aliphatic carbocycles. The van der Waals surface area contributed by atoms with E-state index in [1.807, 2.05) is 38.1 Å². The molecule has 0 saturated carbocycles. The van der Waals surface area contributed by atoms with Crippen molar-refractivity contribution in [2.24, 2.45) is 15.7 Å². The van der Waals surface area contributed by atoms with Gasteiger partial charge in [-0.15, -0.1) is 0 Å². The van der Waals surface area contributed by atoms with Crippen LogP contribution in [-0.4, -0.2) is 70.4 Å². The summed E-state index contributed by atoms with van der Waals surface area (Å²) in [6.07, 6.45) is 9.47. The minimum Gasteiger partial charge on any atom is -0.494 e. The number of nitrogens with zero attached hydrogens (tertiary/aromatic N) is 3. The zero-order valence-electron chi connectivity index (χ0n) is 21.0. The van der Waals surface area contributed by atoms with E-state index in [0.29, 0.717) is 36.0 Å². The molecule has 1 aliphatic heterocycles. The van der Waals surface area contributed by atoms with Crippen molar-refractivity contribution in [3.8, 4) is 11.5 Å². The third kappa shape index (κ3) is 8.35. The number of hydrogen-bond acceptors (Lipinski definition) is 9. The summed E-state index contributed by atoms with van der Waals surface area (Å²) in [7, 11) is 7.19. The summed E-state index contributed by atoms with van der Waals surface area (Å²) in [4.78, 5) is 22.7. The molecule has 1 unspecified atom stereocenters. The average Bonchev–Trinajstić information content (AvgIpc) is 2.84. The molecule has 1 aromatic rings. The topological polar surface area (TPSA) is 126 Å². The molecule has 1 aromatic carbocycles. The van der Waals surface area contributed by atoms with Gasteiger partial charge in [-0.25, -0.2) is 4.99 Å². The van der Waals surface area contributed by atoms with Gasteiger partial charge in [-0.05, 0) is 63.2 Å². The van der Waals surface area contributed by atoms with Crippen LogP contribution in [0.3, 0.4) is 0 Å². The van der Waals surface area contributed by atoms with Gasteiger partial charge in [0.1, 0.15) is 24.3 Å². The van der Waals surface area contributed by atoms with Crippen LogP contribution in [0.15, 0.2) is 70.5 Å². The van der Waals surface area contributed by atoms with E-state index in [9.17, 15) is 4.79 Å². The van der Waals surface area contributed by atoms with Crippen LogP contribution < -0.4 is 31.2 Å². The highest BCUT2D eigenvalue weighted by atomic mass is 16.5. The highest BCUT2D eigenvalue weighted by Crippen LogP contribution is 2.37. The number of hydrogen-bond donors (Lipinski definition) is 4. The molecule has 35 heavy (non-hydrogen) atoms. The molecule has 0 spiro atoms. The van der Waals surface area contributed by atoms with Gasteiger partial charge in [0.2, 0.25) is 5.91 Å². The van der Waals surface area contributed by atoms with Gasteiger partial charge < -0.3 is 36.1 Å². The number of nitrogens with two attached hydrogens (primary N) is 1. The van der Waals surface area contributed by atoms with Crippen LogP contribution in [0.25, 0.3) is 0 Å². The Balaban J connectivity index is 2.34. The SMILES string of the molecule is C=CC(=O)Nc1cc(NC2C=C(/C(C)=C/C(C=CN)=NC)NC=N2)c(OC)cc1OCCN(C)C. The Kier molecular flexibility index (Phi) is 10.6. The first-order valence-electron chi connectivity index (χ1n) is 11.0. The molecule has 10 nitrogen and oxygen atoms in total. The molecule has 2 rings (SSSR count). The van der Waals surface area contributed by atoms with Crippen LogP contribution in [-0.2, 0) is 4.79 Å². The normalized spacial score (nSPS) is 16.1. The molecule has 1 atom stereocenters. The number of anilines is 2. The Bertz CT molecular complexity index is 1060. The molecular weight excluding hydrogens is 446 g/mol. The molecule has 5 N–H and O–H groups in total. The molecule has 0 radical (unpaired) electrons. The van der Waals surface area contributed by atoms with E-state index in [1.165, 1.54) is 12.3 Å². The lowest BCUT2D eigenvalue weighted by atomic mass is 10.1. The van der Waals surface area contributed by atoms with Crippen molar-refractivity contribution in [3.05, 3.63) is 60.5 Å². The van der Waals surface area contributed by atoms with Crippen LogP contribution >= 0.6 is 0 Å². The van der Waals surface area contributed by atoms with Crippen molar-refractivity contribution in [3.63, 3.8) is 0 Å².